The number of nitrogens with one attached hydrogen (secondary N) is 2. The van der Waals surface area contributed by atoms with Crippen molar-refractivity contribution in [2.45, 2.75) is 64.1 Å². The van der Waals surface area contributed by atoms with E-state index in [1.54, 1.807) is 0 Å². The van der Waals surface area contributed by atoms with Gasteiger partial charge in [-0.25, -0.2) is 9.78 Å². The van der Waals surface area contributed by atoms with Crippen molar-refractivity contribution in [1.82, 2.24) is 15.6 Å². The third-order valence-corrected chi connectivity index (χ3v) is 4.99. The Hall–Kier alpha value is -1.82. The van der Waals surface area contributed by atoms with Gasteiger partial charge in [-0.15, -0.1) is 0 Å². The molecule has 1 aliphatic carbocycles. The fraction of sp³-hybridized carbons (Fsp3) is 0.667. The number of aliphatic hydroxyl groups is 1. The van der Waals surface area contributed by atoms with Crippen LogP contribution >= 0.6 is 0 Å². The number of carbonyl (C=O) groups is 1. The smallest absolute Gasteiger partial charge is 0.315 e. The van der Waals surface area contributed by atoms with Crippen molar-refractivity contribution in [1.29, 1.82) is 0 Å². The number of urea groups is 1. The third kappa shape index (κ3) is 4.17. The number of aryl methyl sites for hydroxylation is 1. The molecule has 24 heavy (non-hydrogen) atoms. The number of aliphatic hydroxyl groups excluding tert-OH is 1. The second-order valence-corrected chi connectivity index (χ2v) is 6.91. The molecule has 2 fully saturated rings. The summed E-state index contributed by atoms with van der Waals surface area (Å²) in [6.45, 7) is 4.51. The summed E-state index contributed by atoms with van der Waals surface area (Å²) in [5.41, 5.74) is 2.04. The molecule has 2 heterocycles. The van der Waals surface area contributed by atoms with E-state index in [-0.39, 0.29) is 12.1 Å². The highest BCUT2D eigenvalue weighted by molar-refractivity contribution is 5.74. The van der Waals surface area contributed by atoms with Crippen LogP contribution in [-0.2, 0) is 6.54 Å². The lowest BCUT2D eigenvalue weighted by Gasteiger charge is -2.28. The van der Waals surface area contributed by atoms with E-state index in [0.717, 1.165) is 55.8 Å². The maximum atomic E-state index is 12.2. The molecule has 6 nitrogen and oxygen atoms in total. The number of pyridine rings is 1. The summed E-state index contributed by atoms with van der Waals surface area (Å²) in [6.07, 6.45) is 5.68. The van der Waals surface area contributed by atoms with Crippen molar-refractivity contribution < 1.29 is 9.90 Å². The minimum atomic E-state index is -0.425. The summed E-state index contributed by atoms with van der Waals surface area (Å²) in [4.78, 5) is 19.1. The van der Waals surface area contributed by atoms with Crippen LogP contribution in [0.2, 0.25) is 0 Å². The average Bonchev–Trinajstić information content (AvgIpc) is 3.10. The van der Waals surface area contributed by atoms with E-state index in [2.05, 4.69) is 20.5 Å². The molecular formula is C18H28N4O2. The van der Waals surface area contributed by atoms with E-state index in [0.29, 0.717) is 6.54 Å². The van der Waals surface area contributed by atoms with Gasteiger partial charge in [0.2, 0.25) is 0 Å². The topological polar surface area (TPSA) is 77.5 Å². The minimum absolute atomic E-state index is 0.132. The second-order valence-electron chi connectivity index (χ2n) is 6.91. The van der Waals surface area contributed by atoms with Crippen LogP contribution in [0, 0.1) is 6.92 Å². The van der Waals surface area contributed by atoms with Gasteiger partial charge in [0.15, 0.2) is 0 Å². The van der Waals surface area contributed by atoms with Gasteiger partial charge in [-0.2, -0.15) is 0 Å². The highest BCUT2D eigenvalue weighted by atomic mass is 16.3. The SMILES string of the molecule is Cc1ccc(CNC(=O)NC2CCCCC2O)c(N2CCCC2)n1. The first kappa shape index (κ1) is 17.0. The molecule has 1 aromatic rings. The summed E-state index contributed by atoms with van der Waals surface area (Å²) in [5.74, 6) is 0.991. The molecule has 0 bridgehead atoms. The molecule has 0 spiro atoms. The molecule has 2 aliphatic rings. The van der Waals surface area contributed by atoms with Crippen LogP contribution in [0.1, 0.15) is 49.8 Å². The van der Waals surface area contributed by atoms with Gasteiger partial charge in [0.1, 0.15) is 5.82 Å². The lowest BCUT2D eigenvalue weighted by atomic mass is 9.93. The van der Waals surface area contributed by atoms with Crippen molar-refractivity contribution in [2.75, 3.05) is 18.0 Å². The molecule has 1 saturated heterocycles. The summed E-state index contributed by atoms with van der Waals surface area (Å²) in [5, 5.41) is 15.8. The van der Waals surface area contributed by atoms with Crippen molar-refractivity contribution >= 4 is 11.8 Å². The number of hydrogen-bond donors (Lipinski definition) is 3. The van der Waals surface area contributed by atoms with Gasteiger partial charge >= 0.3 is 6.03 Å². The fourth-order valence-corrected chi connectivity index (χ4v) is 3.59. The summed E-state index contributed by atoms with van der Waals surface area (Å²) >= 11 is 0. The second kappa shape index (κ2) is 7.83. The van der Waals surface area contributed by atoms with Gasteiger partial charge in [-0.1, -0.05) is 18.9 Å². The molecule has 3 N–H and O–H groups in total. The molecule has 1 aromatic heterocycles. The van der Waals surface area contributed by atoms with Gasteiger partial charge in [0.25, 0.3) is 0 Å². The van der Waals surface area contributed by atoms with Crippen LogP contribution in [0.25, 0.3) is 0 Å². The number of rotatable bonds is 4. The third-order valence-electron chi connectivity index (χ3n) is 4.99. The first-order valence-electron chi connectivity index (χ1n) is 9.07. The van der Waals surface area contributed by atoms with Crippen LogP contribution in [-0.4, -0.2) is 41.4 Å². The number of anilines is 1. The van der Waals surface area contributed by atoms with Crippen LogP contribution in [0.15, 0.2) is 12.1 Å². The molecule has 2 atom stereocenters. The average molecular weight is 332 g/mol. The number of amides is 2. The molecular weight excluding hydrogens is 304 g/mol. The van der Waals surface area contributed by atoms with Crippen LogP contribution in [0.4, 0.5) is 10.6 Å². The Kier molecular flexibility index (Phi) is 5.56. The lowest BCUT2D eigenvalue weighted by molar-refractivity contribution is 0.0943. The van der Waals surface area contributed by atoms with Crippen molar-refractivity contribution in [3.63, 3.8) is 0 Å². The first-order chi connectivity index (χ1) is 11.6. The molecule has 1 aliphatic heterocycles. The summed E-state index contributed by atoms with van der Waals surface area (Å²) in [6, 6.07) is 3.69. The van der Waals surface area contributed by atoms with Crippen LogP contribution < -0.4 is 15.5 Å². The van der Waals surface area contributed by atoms with Crippen LogP contribution in [0.5, 0.6) is 0 Å². The molecule has 2 amide bonds. The van der Waals surface area contributed by atoms with Gasteiger partial charge in [0.05, 0.1) is 12.1 Å². The number of carbonyl (C=O) groups excluding carboxylic acids is 1. The van der Waals surface area contributed by atoms with E-state index in [1.807, 2.05) is 19.1 Å². The Labute approximate surface area is 143 Å². The zero-order chi connectivity index (χ0) is 16.9. The van der Waals surface area contributed by atoms with Gasteiger partial charge < -0.3 is 20.6 Å². The molecule has 6 heteroatoms. The molecule has 0 aromatic carbocycles. The van der Waals surface area contributed by atoms with Crippen molar-refractivity contribution in [2.24, 2.45) is 0 Å². The van der Waals surface area contributed by atoms with Crippen molar-refractivity contribution in [3.05, 3.63) is 23.4 Å². The zero-order valence-corrected chi connectivity index (χ0v) is 14.4. The summed E-state index contributed by atoms with van der Waals surface area (Å²) < 4.78 is 0. The predicted octanol–water partition coefficient (Wildman–Crippen LogP) is 2.09. The zero-order valence-electron chi connectivity index (χ0n) is 14.4. The lowest BCUT2D eigenvalue weighted by Crippen LogP contribution is -2.48. The van der Waals surface area contributed by atoms with E-state index in [4.69, 9.17) is 0 Å². The van der Waals surface area contributed by atoms with E-state index >= 15 is 0 Å². The van der Waals surface area contributed by atoms with Crippen LogP contribution in [0.3, 0.4) is 0 Å². The Morgan fingerprint density at radius 2 is 2.00 bits per heavy atom. The van der Waals surface area contributed by atoms with Gasteiger partial charge in [0, 0.05) is 30.9 Å². The van der Waals surface area contributed by atoms with Crippen molar-refractivity contribution in [3.8, 4) is 0 Å². The maximum Gasteiger partial charge on any atom is 0.315 e. The fourth-order valence-electron chi connectivity index (χ4n) is 3.59. The van der Waals surface area contributed by atoms with Gasteiger partial charge in [-0.3, -0.25) is 0 Å². The summed E-state index contributed by atoms with van der Waals surface area (Å²) in [7, 11) is 0. The molecule has 3 rings (SSSR count). The van der Waals surface area contributed by atoms with E-state index in [9.17, 15) is 9.90 Å². The molecule has 0 radical (unpaired) electrons. The first-order valence-corrected chi connectivity index (χ1v) is 9.07. The number of nitrogens with zero attached hydrogens (tertiary/aromatic N) is 2. The Bertz CT molecular complexity index is 572. The quantitative estimate of drug-likeness (QED) is 0.789. The molecule has 2 unspecified atom stereocenters. The highest BCUT2D eigenvalue weighted by Crippen LogP contribution is 2.23. The Balaban J connectivity index is 1.58. The minimum Gasteiger partial charge on any atom is -0.391 e. The van der Waals surface area contributed by atoms with Gasteiger partial charge in [-0.05, 0) is 38.7 Å². The van der Waals surface area contributed by atoms with E-state index in [1.165, 1.54) is 12.8 Å². The molecule has 1 saturated carbocycles. The Morgan fingerprint density at radius 3 is 2.75 bits per heavy atom. The maximum absolute atomic E-state index is 12.2. The molecule has 132 valence electrons. The largest absolute Gasteiger partial charge is 0.391 e. The standard InChI is InChI=1S/C18H28N4O2/c1-13-8-9-14(17(20-13)22-10-4-5-11-22)12-19-18(24)21-15-6-2-3-7-16(15)23/h8-9,15-16,23H,2-7,10-12H2,1H3,(H2,19,21,24). The predicted molar refractivity (Wildman–Crippen MR) is 94.1 cm³/mol. The highest BCUT2D eigenvalue weighted by Gasteiger charge is 2.24. The number of aromatic nitrogens is 1. The monoisotopic (exact) mass is 332 g/mol. The Morgan fingerprint density at radius 1 is 1.25 bits per heavy atom. The van der Waals surface area contributed by atoms with E-state index < -0.39 is 6.10 Å². The normalized spacial score (nSPS) is 24.0. The number of hydrogen-bond acceptors (Lipinski definition) is 4.